The molecule has 0 bridgehead atoms. The highest BCUT2D eigenvalue weighted by Gasteiger charge is 2.16. The van der Waals surface area contributed by atoms with Crippen LogP contribution in [-0.2, 0) is 15.5 Å². The highest BCUT2D eigenvalue weighted by Crippen LogP contribution is 2.24. The van der Waals surface area contributed by atoms with Crippen molar-refractivity contribution in [3.8, 4) is 0 Å². The van der Waals surface area contributed by atoms with Crippen molar-refractivity contribution < 1.29 is 13.7 Å². The molecule has 1 rings (SSSR count). The van der Waals surface area contributed by atoms with Crippen LogP contribution in [0.5, 0.6) is 0 Å². The zero-order valence-electron chi connectivity index (χ0n) is 11.0. The Kier molecular flexibility index (Phi) is 5.74. The van der Waals surface area contributed by atoms with Gasteiger partial charge in [-0.3, -0.25) is 4.21 Å². The number of thiazole rings is 1. The summed E-state index contributed by atoms with van der Waals surface area (Å²) < 4.78 is 15.7. The molecule has 1 aromatic heterocycles. The molecule has 5 nitrogen and oxygen atoms in total. The van der Waals surface area contributed by atoms with Crippen LogP contribution in [0.2, 0.25) is 0 Å². The van der Waals surface area contributed by atoms with Crippen LogP contribution in [0.25, 0.3) is 0 Å². The number of anilines is 1. The van der Waals surface area contributed by atoms with Crippen LogP contribution < -0.4 is 5.32 Å². The molecule has 0 amide bonds. The van der Waals surface area contributed by atoms with Crippen molar-refractivity contribution in [2.75, 3.05) is 24.4 Å². The number of nitrogens with one attached hydrogen (secondary N) is 1. The van der Waals surface area contributed by atoms with E-state index in [0.29, 0.717) is 21.5 Å². The Bertz CT molecular complexity index is 445. The van der Waals surface area contributed by atoms with E-state index in [1.807, 2.05) is 6.92 Å². The van der Waals surface area contributed by atoms with Crippen LogP contribution in [0.15, 0.2) is 0 Å². The minimum absolute atomic E-state index is 0.171. The fraction of sp³-hybridized carbons (Fsp3) is 0.636. The average Bonchev–Trinajstić information content (AvgIpc) is 2.66. The van der Waals surface area contributed by atoms with Crippen LogP contribution in [0, 0.1) is 6.92 Å². The Morgan fingerprint density at radius 1 is 1.61 bits per heavy atom. The van der Waals surface area contributed by atoms with E-state index in [1.54, 1.807) is 13.2 Å². The second-order valence-electron chi connectivity index (χ2n) is 4.04. The third-order valence-electron chi connectivity index (χ3n) is 2.38. The molecule has 0 radical (unpaired) electrons. The van der Waals surface area contributed by atoms with Crippen molar-refractivity contribution in [2.24, 2.45) is 0 Å². The zero-order valence-corrected chi connectivity index (χ0v) is 12.6. The predicted octanol–water partition coefficient (Wildman–Crippen LogP) is 1.81. The van der Waals surface area contributed by atoms with Crippen LogP contribution in [0.1, 0.15) is 28.7 Å². The van der Waals surface area contributed by atoms with Crippen molar-refractivity contribution >= 4 is 33.2 Å². The van der Waals surface area contributed by atoms with Crippen LogP contribution in [-0.4, -0.2) is 40.3 Å². The fourth-order valence-corrected chi connectivity index (χ4v) is 3.05. The third kappa shape index (κ3) is 4.38. The van der Waals surface area contributed by atoms with Gasteiger partial charge in [0.25, 0.3) is 0 Å². The van der Waals surface area contributed by atoms with Crippen molar-refractivity contribution in [3.63, 3.8) is 0 Å². The molecule has 0 saturated carbocycles. The molecule has 0 spiro atoms. The van der Waals surface area contributed by atoms with E-state index in [2.05, 4.69) is 15.0 Å². The lowest BCUT2D eigenvalue weighted by Gasteiger charge is -2.11. The number of rotatable bonds is 6. The number of nitrogens with zero attached hydrogens (tertiary/aromatic N) is 1. The van der Waals surface area contributed by atoms with Gasteiger partial charge in [-0.1, -0.05) is 11.3 Å². The second kappa shape index (κ2) is 6.84. The molecule has 2 atom stereocenters. The highest BCUT2D eigenvalue weighted by molar-refractivity contribution is 7.84. The van der Waals surface area contributed by atoms with Crippen molar-refractivity contribution in [2.45, 2.75) is 26.3 Å². The largest absolute Gasteiger partial charge is 0.465 e. The first-order valence-corrected chi connectivity index (χ1v) is 8.10. The molecule has 1 N–H and O–H groups in total. The van der Waals surface area contributed by atoms with Gasteiger partial charge in [0.15, 0.2) is 5.13 Å². The smallest absolute Gasteiger partial charge is 0.350 e. The fourth-order valence-electron chi connectivity index (χ4n) is 1.37. The topological polar surface area (TPSA) is 68.3 Å². The molecular weight excluding hydrogens is 272 g/mol. The Hall–Kier alpha value is -0.950. The summed E-state index contributed by atoms with van der Waals surface area (Å²) in [4.78, 5) is 16.2. The molecule has 0 aliphatic carbocycles. The minimum atomic E-state index is -0.783. The van der Waals surface area contributed by atoms with Crippen LogP contribution in [0.4, 0.5) is 5.13 Å². The number of ether oxygens (including phenoxy) is 1. The molecule has 2 unspecified atom stereocenters. The first-order valence-electron chi connectivity index (χ1n) is 5.56. The van der Waals surface area contributed by atoms with E-state index in [0.717, 1.165) is 6.42 Å². The van der Waals surface area contributed by atoms with Crippen molar-refractivity contribution in [1.29, 1.82) is 0 Å². The molecule has 102 valence electrons. The predicted molar refractivity (Wildman–Crippen MR) is 74.8 cm³/mol. The van der Waals surface area contributed by atoms with Gasteiger partial charge >= 0.3 is 5.97 Å². The monoisotopic (exact) mass is 290 g/mol. The Morgan fingerprint density at radius 2 is 2.28 bits per heavy atom. The molecule has 0 aliphatic heterocycles. The van der Waals surface area contributed by atoms with Gasteiger partial charge in [-0.05, 0) is 20.3 Å². The molecule has 7 heteroatoms. The minimum Gasteiger partial charge on any atom is -0.465 e. The van der Waals surface area contributed by atoms with Gasteiger partial charge in [-0.2, -0.15) is 0 Å². The lowest BCUT2D eigenvalue weighted by atomic mass is 10.3. The average molecular weight is 290 g/mol. The van der Waals surface area contributed by atoms with Gasteiger partial charge in [-0.15, -0.1) is 0 Å². The van der Waals surface area contributed by atoms with E-state index in [-0.39, 0.29) is 12.0 Å². The van der Waals surface area contributed by atoms with E-state index in [1.165, 1.54) is 18.4 Å². The lowest BCUT2D eigenvalue weighted by Crippen LogP contribution is -2.17. The van der Waals surface area contributed by atoms with Crippen LogP contribution >= 0.6 is 11.3 Å². The van der Waals surface area contributed by atoms with Gasteiger partial charge in [-0.25, -0.2) is 9.78 Å². The summed E-state index contributed by atoms with van der Waals surface area (Å²) in [6.45, 7) is 3.78. The number of hydrogen-bond acceptors (Lipinski definition) is 6. The number of esters is 1. The van der Waals surface area contributed by atoms with E-state index in [9.17, 15) is 9.00 Å². The SMILES string of the molecule is COC(=O)c1sc(NC(C)CCS(C)=O)nc1C. The first-order chi connectivity index (χ1) is 8.43. The number of aryl methyl sites for hydroxylation is 1. The van der Waals surface area contributed by atoms with E-state index in [4.69, 9.17) is 0 Å². The van der Waals surface area contributed by atoms with Gasteiger partial charge < -0.3 is 10.1 Å². The molecule has 1 aromatic rings. The maximum atomic E-state index is 11.4. The number of carbonyl (C=O) groups is 1. The summed E-state index contributed by atoms with van der Waals surface area (Å²) in [5, 5.41) is 3.90. The Labute approximate surface area is 113 Å². The van der Waals surface area contributed by atoms with Crippen LogP contribution in [0.3, 0.4) is 0 Å². The standard InChI is InChI=1S/C11H18N2O3S2/c1-7(5-6-18(4)15)12-11-13-8(2)9(17-11)10(14)16-3/h7H,5-6H2,1-4H3,(H,12,13). The molecule has 1 heterocycles. The lowest BCUT2D eigenvalue weighted by molar-refractivity contribution is 0.0605. The zero-order chi connectivity index (χ0) is 13.7. The molecule has 0 aromatic carbocycles. The second-order valence-corrected chi connectivity index (χ2v) is 6.59. The summed E-state index contributed by atoms with van der Waals surface area (Å²) in [6, 6.07) is 0.171. The van der Waals surface area contributed by atoms with Gasteiger partial charge in [0.1, 0.15) is 4.88 Å². The molecular formula is C11H18N2O3S2. The maximum absolute atomic E-state index is 11.4. The highest BCUT2D eigenvalue weighted by atomic mass is 32.2. The van der Waals surface area contributed by atoms with Gasteiger partial charge in [0.2, 0.25) is 0 Å². The van der Waals surface area contributed by atoms with E-state index >= 15 is 0 Å². The summed E-state index contributed by atoms with van der Waals surface area (Å²) in [5.41, 5.74) is 0.667. The van der Waals surface area contributed by atoms with Crippen molar-refractivity contribution in [1.82, 2.24) is 4.98 Å². The van der Waals surface area contributed by atoms with E-state index < -0.39 is 10.8 Å². The quantitative estimate of drug-likeness (QED) is 0.809. The molecule has 0 saturated heterocycles. The number of aromatic nitrogens is 1. The van der Waals surface area contributed by atoms with Gasteiger partial charge in [0.05, 0.1) is 12.8 Å². The molecule has 0 aliphatic rings. The number of hydrogen-bond donors (Lipinski definition) is 1. The summed E-state index contributed by atoms with van der Waals surface area (Å²) >= 11 is 1.28. The number of methoxy groups -OCH3 is 1. The Morgan fingerprint density at radius 3 is 2.83 bits per heavy atom. The Balaban J connectivity index is 2.62. The molecule has 0 fully saturated rings. The normalized spacial score (nSPS) is 14.0. The van der Waals surface area contributed by atoms with Gasteiger partial charge in [0, 0.05) is 28.9 Å². The van der Waals surface area contributed by atoms with Crippen molar-refractivity contribution in [3.05, 3.63) is 10.6 Å². The summed E-state index contributed by atoms with van der Waals surface area (Å²) in [6.07, 6.45) is 2.49. The summed E-state index contributed by atoms with van der Waals surface area (Å²) in [5.74, 6) is 0.294. The summed E-state index contributed by atoms with van der Waals surface area (Å²) in [7, 11) is 0.572. The third-order valence-corrected chi connectivity index (χ3v) is 4.25. The number of carbonyl (C=O) groups excluding carboxylic acids is 1. The maximum Gasteiger partial charge on any atom is 0.350 e. The first kappa shape index (κ1) is 15.1. The molecule has 18 heavy (non-hydrogen) atoms.